The molecule has 0 saturated heterocycles. The first-order valence-corrected chi connectivity index (χ1v) is 6.50. The van der Waals surface area contributed by atoms with Crippen LogP contribution in [-0.4, -0.2) is 11.5 Å². The summed E-state index contributed by atoms with van der Waals surface area (Å²) in [4.78, 5) is 4.35. The maximum atomic E-state index is 6.18. The Kier molecular flexibility index (Phi) is 4.06. The molecule has 2 rings (SSSR count). The topological polar surface area (TPSA) is 24.9 Å². The zero-order valence-electron chi connectivity index (χ0n) is 9.34. The van der Waals surface area contributed by atoms with Crippen LogP contribution in [-0.2, 0) is 0 Å². The van der Waals surface area contributed by atoms with Gasteiger partial charge in [0.15, 0.2) is 0 Å². The lowest BCUT2D eigenvalue weighted by molar-refractivity contribution is 0.477. The molecule has 0 spiro atoms. The van der Waals surface area contributed by atoms with Crippen LogP contribution < -0.4 is 5.32 Å². The fourth-order valence-corrected chi connectivity index (χ4v) is 2.42. The lowest BCUT2D eigenvalue weighted by atomic mass is 10.1. The van der Waals surface area contributed by atoms with E-state index in [-0.39, 0.29) is 6.04 Å². The molecule has 1 unspecified atom stereocenters. The molecule has 0 aromatic carbocycles. The fraction of sp³-hybridized carbons (Fsp3) is 0.583. The molecule has 1 saturated carbocycles. The van der Waals surface area contributed by atoms with E-state index in [4.69, 9.17) is 23.2 Å². The van der Waals surface area contributed by atoms with Crippen LogP contribution in [0.2, 0.25) is 10.0 Å². The summed E-state index contributed by atoms with van der Waals surface area (Å²) in [7, 11) is 0. The Morgan fingerprint density at radius 3 is 2.81 bits per heavy atom. The van der Waals surface area contributed by atoms with Gasteiger partial charge in [0.2, 0.25) is 0 Å². The number of halogens is 2. The molecule has 2 nitrogen and oxygen atoms in total. The molecule has 0 radical (unpaired) electrons. The highest BCUT2D eigenvalue weighted by Gasteiger charge is 2.27. The van der Waals surface area contributed by atoms with E-state index in [1.165, 1.54) is 12.8 Å². The van der Waals surface area contributed by atoms with Gasteiger partial charge in [0, 0.05) is 6.20 Å². The Morgan fingerprint density at radius 2 is 2.25 bits per heavy atom. The summed E-state index contributed by atoms with van der Waals surface area (Å²) < 4.78 is 0. The van der Waals surface area contributed by atoms with Gasteiger partial charge >= 0.3 is 0 Å². The minimum absolute atomic E-state index is 0.266. The lowest BCUT2D eigenvalue weighted by Crippen LogP contribution is -2.22. The maximum Gasteiger partial charge on any atom is 0.0760 e. The summed E-state index contributed by atoms with van der Waals surface area (Å²) in [5, 5.41) is 4.70. The van der Waals surface area contributed by atoms with Gasteiger partial charge in [-0.2, -0.15) is 0 Å². The monoisotopic (exact) mass is 258 g/mol. The first kappa shape index (κ1) is 12.2. The molecule has 1 aromatic heterocycles. The largest absolute Gasteiger partial charge is 0.309 e. The summed E-state index contributed by atoms with van der Waals surface area (Å²) in [6.45, 7) is 3.03. The van der Waals surface area contributed by atoms with Gasteiger partial charge in [0.05, 0.1) is 21.8 Å². The van der Waals surface area contributed by atoms with E-state index in [1.807, 2.05) is 0 Å². The highest BCUT2D eigenvalue weighted by Crippen LogP contribution is 2.38. The van der Waals surface area contributed by atoms with Crippen LogP contribution in [0.3, 0.4) is 0 Å². The molecular weight excluding hydrogens is 243 g/mol. The van der Waals surface area contributed by atoms with Crippen LogP contribution in [0.15, 0.2) is 12.3 Å². The van der Waals surface area contributed by atoms with E-state index < -0.39 is 0 Å². The SMILES string of the molecule is CCNC(CC1CC1)c1ncc(Cl)cc1Cl. The molecule has 1 heterocycles. The maximum absolute atomic E-state index is 6.18. The molecule has 1 atom stereocenters. The van der Waals surface area contributed by atoms with Crippen molar-refractivity contribution < 1.29 is 0 Å². The third kappa shape index (κ3) is 3.09. The second kappa shape index (κ2) is 5.35. The molecule has 1 aliphatic carbocycles. The predicted molar refractivity (Wildman–Crippen MR) is 68.0 cm³/mol. The number of pyridine rings is 1. The Morgan fingerprint density at radius 1 is 1.50 bits per heavy atom. The number of nitrogens with zero attached hydrogens (tertiary/aromatic N) is 1. The van der Waals surface area contributed by atoms with E-state index in [0.29, 0.717) is 10.0 Å². The van der Waals surface area contributed by atoms with Crippen molar-refractivity contribution in [3.8, 4) is 0 Å². The van der Waals surface area contributed by atoms with Gasteiger partial charge in [-0.3, -0.25) is 4.98 Å². The summed E-state index contributed by atoms with van der Waals surface area (Å²) in [6, 6.07) is 2.03. The standard InChI is InChI=1S/C12H16Cl2N2/c1-2-15-11(5-8-3-4-8)12-10(14)6-9(13)7-16-12/h6-8,11,15H,2-5H2,1H3. The van der Waals surface area contributed by atoms with Crippen molar-refractivity contribution >= 4 is 23.2 Å². The van der Waals surface area contributed by atoms with Gasteiger partial charge in [-0.1, -0.05) is 43.0 Å². The van der Waals surface area contributed by atoms with E-state index in [0.717, 1.165) is 24.6 Å². The van der Waals surface area contributed by atoms with Crippen LogP contribution in [0.5, 0.6) is 0 Å². The highest BCUT2D eigenvalue weighted by molar-refractivity contribution is 6.34. The van der Waals surface area contributed by atoms with Gasteiger partial charge in [0.25, 0.3) is 0 Å². The molecule has 88 valence electrons. The van der Waals surface area contributed by atoms with E-state index in [2.05, 4.69) is 17.2 Å². The number of hydrogen-bond donors (Lipinski definition) is 1. The molecule has 1 aromatic rings. The van der Waals surface area contributed by atoms with Crippen LogP contribution in [0.25, 0.3) is 0 Å². The Balaban J connectivity index is 2.15. The fourth-order valence-electron chi connectivity index (χ4n) is 1.91. The average Bonchev–Trinajstić information content (AvgIpc) is 3.01. The molecule has 1 fully saturated rings. The normalized spacial score (nSPS) is 17.4. The smallest absolute Gasteiger partial charge is 0.0760 e. The third-order valence-corrected chi connectivity index (χ3v) is 3.39. The summed E-state index contributed by atoms with van der Waals surface area (Å²) in [6.07, 6.45) is 5.47. The van der Waals surface area contributed by atoms with E-state index in [9.17, 15) is 0 Å². The van der Waals surface area contributed by atoms with Gasteiger partial charge in [-0.05, 0) is 24.9 Å². The molecule has 1 N–H and O–H groups in total. The molecule has 0 amide bonds. The van der Waals surface area contributed by atoms with Crippen LogP contribution in [0.4, 0.5) is 0 Å². The zero-order chi connectivity index (χ0) is 11.5. The Bertz CT molecular complexity index is 364. The van der Waals surface area contributed by atoms with Crippen molar-refractivity contribution in [3.05, 3.63) is 28.0 Å². The summed E-state index contributed by atoms with van der Waals surface area (Å²) >= 11 is 12.0. The van der Waals surface area contributed by atoms with Gasteiger partial charge < -0.3 is 5.32 Å². The summed E-state index contributed by atoms with van der Waals surface area (Å²) in [5.41, 5.74) is 0.930. The van der Waals surface area contributed by atoms with Crippen molar-refractivity contribution in [2.45, 2.75) is 32.2 Å². The molecule has 0 bridgehead atoms. The van der Waals surface area contributed by atoms with Crippen LogP contribution in [0, 0.1) is 5.92 Å². The number of hydrogen-bond acceptors (Lipinski definition) is 2. The van der Waals surface area contributed by atoms with Crippen molar-refractivity contribution in [2.24, 2.45) is 5.92 Å². The van der Waals surface area contributed by atoms with Crippen LogP contribution in [0.1, 0.15) is 37.9 Å². The third-order valence-electron chi connectivity index (χ3n) is 2.88. The van der Waals surface area contributed by atoms with E-state index >= 15 is 0 Å². The second-order valence-corrected chi connectivity index (χ2v) is 5.15. The lowest BCUT2D eigenvalue weighted by Gasteiger charge is -2.18. The number of aromatic nitrogens is 1. The number of nitrogens with one attached hydrogen (secondary N) is 1. The molecule has 1 aliphatic rings. The average molecular weight is 259 g/mol. The van der Waals surface area contributed by atoms with Crippen molar-refractivity contribution in [3.63, 3.8) is 0 Å². The van der Waals surface area contributed by atoms with Crippen molar-refractivity contribution in [1.29, 1.82) is 0 Å². The first-order chi connectivity index (χ1) is 7.70. The highest BCUT2D eigenvalue weighted by atomic mass is 35.5. The van der Waals surface area contributed by atoms with Crippen LogP contribution >= 0.6 is 23.2 Å². The molecule has 4 heteroatoms. The Hall–Kier alpha value is -0.310. The zero-order valence-corrected chi connectivity index (χ0v) is 10.9. The van der Waals surface area contributed by atoms with Gasteiger partial charge in [-0.25, -0.2) is 0 Å². The molecular formula is C12H16Cl2N2. The van der Waals surface area contributed by atoms with Gasteiger partial charge in [-0.15, -0.1) is 0 Å². The molecule has 16 heavy (non-hydrogen) atoms. The minimum atomic E-state index is 0.266. The quantitative estimate of drug-likeness (QED) is 0.869. The predicted octanol–water partition coefficient (Wildman–Crippen LogP) is 3.84. The van der Waals surface area contributed by atoms with Crippen molar-refractivity contribution in [1.82, 2.24) is 10.3 Å². The first-order valence-electron chi connectivity index (χ1n) is 5.75. The Labute approximate surface area is 106 Å². The summed E-state index contributed by atoms with van der Waals surface area (Å²) in [5.74, 6) is 0.845. The number of rotatable bonds is 5. The molecule has 0 aliphatic heterocycles. The van der Waals surface area contributed by atoms with Crippen molar-refractivity contribution in [2.75, 3.05) is 6.54 Å². The van der Waals surface area contributed by atoms with E-state index in [1.54, 1.807) is 12.3 Å². The second-order valence-electron chi connectivity index (χ2n) is 4.31. The minimum Gasteiger partial charge on any atom is -0.309 e. The van der Waals surface area contributed by atoms with Gasteiger partial charge in [0.1, 0.15) is 0 Å².